The average Bonchev–Trinajstić information content (AvgIpc) is 2.15. The van der Waals surface area contributed by atoms with Gasteiger partial charge in [-0.05, 0) is 18.2 Å². The largest absolute Gasteiger partial charge is 0.417 e. The van der Waals surface area contributed by atoms with Gasteiger partial charge in [-0.15, -0.1) is 0 Å². The molecule has 0 aliphatic heterocycles. The van der Waals surface area contributed by atoms with Crippen molar-refractivity contribution in [3.05, 3.63) is 28.8 Å². The molecule has 0 aromatic heterocycles. The highest BCUT2D eigenvalue weighted by molar-refractivity contribution is 6.31. The van der Waals surface area contributed by atoms with E-state index in [2.05, 4.69) is 0 Å². The van der Waals surface area contributed by atoms with E-state index < -0.39 is 11.7 Å². The number of nitrogens with zero attached hydrogens (tertiary/aromatic N) is 1. The van der Waals surface area contributed by atoms with E-state index in [0.29, 0.717) is 6.41 Å². The number of hydrogen-bond acceptors (Lipinski definition) is 1. The third kappa shape index (κ3) is 2.62. The number of benzene rings is 1. The van der Waals surface area contributed by atoms with Crippen molar-refractivity contribution in [3.8, 4) is 0 Å². The summed E-state index contributed by atoms with van der Waals surface area (Å²) in [6.45, 7) is 0. The topological polar surface area (TPSA) is 20.3 Å². The third-order valence-corrected chi connectivity index (χ3v) is 2.15. The molecule has 0 unspecified atom stereocenters. The fourth-order valence-electron chi connectivity index (χ4n) is 1.01. The van der Waals surface area contributed by atoms with Gasteiger partial charge in [-0.1, -0.05) is 11.6 Å². The molecule has 0 aliphatic rings. The molecule has 0 aliphatic carbocycles. The maximum atomic E-state index is 12.4. The molecule has 1 aromatic rings. The molecule has 0 atom stereocenters. The standard InChI is InChI=1S/C9H7ClF3NO/c1-14(5-15)6-2-3-8(10)7(4-6)9(11,12)13/h2-5H,1H3. The number of rotatable bonds is 2. The average molecular weight is 238 g/mol. The van der Waals surface area contributed by atoms with E-state index in [1.807, 2.05) is 0 Å². The predicted molar refractivity (Wildman–Crippen MR) is 50.9 cm³/mol. The molecule has 82 valence electrons. The van der Waals surface area contributed by atoms with Crippen LogP contribution in [0, 0.1) is 0 Å². The number of halogens is 4. The number of carbonyl (C=O) groups is 1. The normalized spacial score (nSPS) is 11.3. The van der Waals surface area contributed by atoms with Crippen molar-refractivity contribution in [2.75, 3.05) is 11.9 Å². The zero-order valence-electron chi connectivity index (χ0n) is 7.68. The molecule has 2 nitrogen and oxygen atoms in total. The molecular formula is C9H7ClF3NO. The highest BCUT2D eigenvalue weighted by Gasteiger charge is 2.33. The molecule has 0 saturated carbocycles. The van der Waals surface area contributed by atoms with E-state index in [9.17, 15) is 18.0 Å². The van der Waals surface area contributed by atoms with Gasteiger partial charge in [-0.2, -0.15) is 13.2 Å². The Hall–Kier alpha value is -1.23. The summed E-state index contributed by atoms with van der Waals surface area (Å²) >= 11 is 5.40. The van der Waals surface area contributed by atoms with Gasteiger partial charge in [-0.25, -0.2) is 0 Å². The van der Waals surface area contributed by atoms with Crippen LogP contribution in [0.2, 0.25) is 5.02 Å². The lowest BCUT2D eigenvalue weighted by atomic mass is 10.2. The lowest BCUT2D eigenvalue weighted by Gasteiger charge is -2.14. The summed E-state index contributed by atoms with van der Waals surface area (Å²) in [6, 6.07) is 3.28. The summed E-state index contributed by atoms with van der Waals surface area (Å²) in [6.07, 6.45) is -4.10. The first-order valence-corrected chi connectivity index (χ1v) is 4.29. The molecule has 0 fully saturated rings. The second-order valence-electron chi connectivity index (χ2n) is 2.88. The molecule has 0 saturated heterocycles. The van der Waals surface area contributed by atoms with Crippen LogP contribution in [-0.2, 0) is 11.0 Å². The number of hydrogen-bond donors (Lipinski definition) is 0. The van der Waals surface area contributed by atoms with Crippen molar-refractivity contribution < 1.29 is 18.0 Å². The summed E-state index contributed by atoms with van der Waals surface area (Å²) in [7, 11) is 1.36. The Labute approximate surface area is 89.2 Å². The Balaban J connectivity index is 3.22. The van der Waals surface area contributed by atoms with Gasteiger partial charge in [0.15, 0.2) is 0 Å². The van der Waals surface area contributed by atoms with Gasteiger partial charge in [0.25, 0.3) is 0 Å². The molecule has 1 aromatic carbocycles. The van der Waals surface area contributed by atoms with Crippen molar-refractivity contribution in [2.24, 2.45) is 0 Å². The quantitative estimate of drug-likeness (QED) is 0.724. The van der Waals surface area contributed by atoms with Crippen molar-refractivity contribution >= 4 is 23.7 Å². The first-order valence-electron chi connectivity index (χ1n) is 3.91. The first kappa shape index (κ1) is 11.8. The predicted octanol–water partition coefficient (Wildman–Crippen LogP) is 2.95. The van der Waals surface area contributed by atoms with Gasteiger partial charge >= 0.3 is 6.18 Å². The third-order valence-electron chi connectivity index (χ3n) is 1.82. The number of amides is 1. The highest BCUT2D eigenvalue weighted by Crippen LogP contribution is 2.36. The summed E-state index contributed by atoms with van der Waals surface area (Å²) in [5, 5.41) is -0.384. The van der Waals surface area contributed by atoms with E-state index in [0.717, 1.165) is 17.0 Å². The minimum absolute atomic E-state index is 0.140. The van der Waals surface area contributed by atoms with Crippen LogP contribution in [-0.4, -0.2) is 13.5 Å². The molecule has 0 bridgehead atoms. The Morgan fingerprint density at radius 1 is 1.40 bits per heavy atom. The molecule has 0 N–H and O–H groups in total. The zero-order valence-corrected chi connectivity index (χ0v) is 8.43. The fraction of sp³-hybridized carbons (Fsp3) is 0.222. The number of anilines is 1. The van der Waals surface area contributed by atoms with Gasteiger partial charge in [0.05, 0.1) is 10.6 Å². The van der Waals surface area contributed by atoms with Gasteiger partial charge < -0.3 is 4.90 Å². The van der Waals surface area contributed by atoms with Crippen molar-refractivity contribution in [3.63, 3.8) is 0 Å². The maximum Gasteiger partial charge on any atom is 0.417 e. The highest BCUT2D eigenvalue weighted by atomic mass is 35.5. The number of carbonyl (C=O) groups excluding carboxylic acids is 1. The lowest BCUT2D eigenvalue weighted by Crippen LogP contribution is -2.15. The van der Waals surface area contributed by atoms with Crippen molar-refractivity contribution in [1.82, 2.24) is 0 Å². The van der Waals surface area contributed by atoms with Crippen LogP contribution in [0.25, 0.3) is 0 Å². The Morgan fingerprint density at radius 3 is 2.47 bits per heavy atom. The van der Waals surface area contributed by atoms with E-state index >= 15 is 0 Å². The van der Waals surface area contributed by atoms with Crippen LogP contribution in [0.3, 0.4) is 0 Å². The molecule has 0 heterocycles. The Morgan fingerprint density at radius 2 is 2.00 bits per heavy atom. The van der Waals surface area contributed by atoms with Crippen LogP contribution in [0.15, 0.2) is 18.2 Å². The van der Waals surface area contributed by atoms with Gasteiger partial charge in [0, 0.05) is 12.7 Å². The fourth-order valence-corrected chi connectivity index (χ4v) is 1.24. The van der Waals surface area contributed by atoms with Crippen LogP contribution < -0.4 is 4.90 Å². The maximum absolute atomic E-state index is 12.4. The van der Waals surface area contributed by atoms with E-state index in [1.165, 1.54) is 13.1 Å². The zero-order chi connectivity index (χ0) is 11.6. The summed E-state index contributed by atoms with van der Waals surface area (Å²) in [4.78, 5) is 11.4. The minimum Gasteiger partial charge on any atom is -0.318 e. The molecular weight excluding hydrogens is 231 g/mol. The summed E-state index contributed by atoms with van der Waals surface area (Å²) in [5.41, 5.74) is -0.808. The molecule has 1 amide bonds. The smallest absolute Gasteiger partial charge is 0.318 e. The van der Waals surface area contributed by atoms with Crippen LogP contribution in [0.1, 0.15) is 5.56 Å². The van der Waals surface area contributed by atoms with Gasteiger partial charge in [0.2, 0.25) is 6.41 Å². The van der Waals surface area contributed by atoms with Crippen molar-refractivity contribution in [2.45, 2.75) is 6.18 Å². The van der Waals surface area contributed by atoms with E-state index in [4.69, 9.17) is 11.6 Å². The summed E-state index contributed by atoms with van der Waals surface area (Å²) < 4.78 is 37.2. The first-order chi connectivity index (χ1) is 6.86. The van der Waals surface area contributed by atoms with Gasteiger partial charge in [-0.3, -0.25) is 4.79 Å². The minimum atomic E-state index is -4.52. The molecule has 15 heavy (non-hydrogen) atoms. The van der Waals surface area contributed by atoms with Crippen LogP contribution in [0.4, 0.5) is 18.9 Å². The summed E-state index contributed by atoms with van der Waals surface area (Å²) in [5.74, 6) is 0. The molecule has 0 spiro atoms. The number of alkyl halides is 3. The Bertz CT molecular complexity index is 378. The van der Waals surface area contributed by atoms with E-state index in [-0.39, 0.29) is 10.7 Å². The Kier molecular flexibility index (Phi) is 3.24. The second kappa shape index (κ2) is 4.10. The lowest BCUT2D eigenvalue weighted by molar-refractivity contribution is -0.137. The molecule has 6 heteroatoms. The van der Waals surface area contributed by atoms with E-state index in [1.54, 1.807) is 0 Å². The van der Waals surface area contributed by atoms with Crippen LogP contribution in [0.5, 0.6) is 0 Å². The monoisotopic (exact) mass is 237 g/mol. The SMILES string of the molecule is CN(C=O)c1ccc(Cl)c(C(F)(F)F)c1. The van der Waals surface area contributed by atoms with Crippen molar-refractivity contribution in [1.29, 1.82) is 0 Å². The second-order valence-corrected chi connectivity index (χ2v) is 3.29. The molecule has 0 radical (unpaired) electrons. The van der Waals surface area contributed by atoms with Gasteiger partial charge in [0.1, 0.15) is 0 Å². The molecule has 1 rings (SSSR count). The van der Waals surface area contributed by atoms with Crippen LogP contribution >= 0.6 is 11.6 Å².